The lowest BCUT2D eigenvalue weighted by atomic mass is 10.9. The number of rotatable bonds is 1. The second-order valence-electron chi connectivity index (χ2n) is 0.713. The SMILES string of the molecule is CCOC.NC=O. The predicted molar refractivity (Wildman–Crippen MR) is 27.8 cm³/mol. The first-order valence-electron chi connectivity index (χ1n) is 1.97. The monoisotopic (exact) mass is 105 g/mol. The molecule has 0 saturated heterocycles. The van der Waals surface area contributed by atoms with Crippen LogP contribution in [0.1, 0.15) is 6.92 Å². The van der Waals surface area contributed by atoms with Crippen LogP contribution >= 0.6 is 0 Å². The molecule has 0 radical (unpaired) electrons. The average Bonchev–Trinajstić information content (AvgIpc) is 1.69. The number of hydrogen-bond acceptors (Lipinski definition) is 2. The number of carbonyl (C=O) groups excluding carboxylic acids is 1. The molecular formula is C4H11NO2. The van der Waals surface area contributed by atoms with Gasteiger partial charge in [-0.3, -0.25) is 4.79 Å². The first kappa shape index (κ1) is 9.66. The van der Waals surface area contributed by atoms with Gasteiger partial charge in [0.15, 0.2) is 0 Å². The molecule has 3 heteroatoms. The lowest BCUT2D eigenvalue weighted by Gasteiger charge is -1.76. The molecule has 0 aliphatic rings. The van der Waals surface area contributed by atoms with Crippen LogP contribution in [0.15, 0.2) is 0 Å². The number of carbonyl (C=O) groups is 1. The maximum atomic E-state index is 8.58. The molecule has 0 rings (SSSR count). The van der Waals surface area contributed by atoms with Gasteiger partial charge in [0.05, 0.1) is 0 Å². The van der Waals surface area contributed by atoms with Gasteiger partial charge in [0.2, 0.25) is 6.41 Å². The van der Waals surface area contributed by atoms with Gasteiger partial charge in [-0.25, -0.2) is 0 Å². The van der Waals surface area contributed by atoms with Gasteiger partial charge in [0, 0.05) is 13.7 Å². The smallest absolute Gasteiger partial charge is 0.204 e. The predicted octanol–water partition coefficient (Wildman–Crippen LogP) is -0.246. The van der Waals surface area contributed by atoms with Gasteiger partial charge in [-0.15, -0.1) is 0 Å². The van der Waals surface area contributed by atoms with E-state index in [9.17, 15) is 0 Å². The van der Waals surface area contributed by atoms with Crippen LogP contribution in [-0.4, -0.2) is 20.1 Å². The zero-order valence-electron chi connectivity index (χ0n) is 4.68. The molecule has 0 fully saturated rings. The van der Waals surface area contributed by atoms with E-state index >= 15 is 0 Å². The van der Waals surface area contributed by atoms with Crippen molar-refractivity contribution in [3.8, 4) is 0 Å². The van der Waals surface area contributed by atoms with Crippen molar-refractivity contribution in [2.24, 2.45) is 5.73 Å². The Hall–Kier alpha value is -0.570. The van der Waals surface area contributed by atoms with Gasteiger partial charge < -0.3 is 10.5 Å². The Bertz CT molecular complexity index is 28.9. The highest BCUT2D eigenvalue weighted by Crippen LogP contribution is 1.52. The molecule has 7 heavy (non-hydrogen) atoms. The number of ether oxygens (including phenoxy) is 1. The summed E-state index contributed by atoms with van der Waals surface area (Å²) in [5, 5.41) is 0. The Morgan fingerprint density at radius 2 is 2.00 bits per heavy atom. The minimum Gasteiger partial charge on any atom is -0.385 e. The molecule has 0 atom stereocenters. The van der Waals surface area contributed by atoms with E-state index in [0.717, 1.165) is 6.61 Å². The standard InChI is InChI=1S/C3H8O.CH3NO/c1-3-4-2;2-1-3/h3H2,1-2H3;1H,(H2,2,3). The van der Waals surface area contributed by atoms with Gasteiger partial charge in [0.1, 0.15) is 0 Å². The quantitative estimate of drug-likeness (QED) is 0.468. The van der Waals surface area contributed by atoms with Crippen molar-refractivity contribution in [1.29, 1.82) is 0 Å². The molecule has 3 nitrogen and oxygen atoms in total. The van der Waals surface area contributed by atoms with Crippen LogP contribution in [0.5, 0.6) is 0 Å². The zero-order valence-corrected chi connectivity index (χ0v) is 4.68. The first-order valence-corrected chi connectivity index (χ1v) is 1.97. The maximum Gasteiger partial charge on any atom is 0.204 e. The summed E-state index contributed by atoms with van der Waals surface area (Å²) in [7, 11) is 1.68. The fraction of sp³-hybridized carbons (Fsp3) is 0.750. The van der Waals surface area contributed by atoms with Crippen molar-refractivity contribution in [3.05, 3.63) is 0 Å². The minimum absolute atomic E-state index is 0.250. The third-order valence-corrected chi connectivity index (χ3v) is 0.289. The Morgan fingerprint density at radius 1 is 1.86 bits per heavy atom. The van der Waals surface area contributed by atoms with Gasteiger partial charge in [-0.2, -0.15) is 0 Å². The lowest BCUT2D eigenvalue weighted by Crippen LogP contribution is -1.82. The summed E-state index contributed by atoms with van der Waals surface area (Å²) in [6.45, 7) is 2.78. The van der Waals surface area contributed by atoms with E-state index in [0.29, 0.717) is 0 Å². The van der Waals surface area contributed by atoms with Gasteiger partial charge in [0.25, 0.3) is 0 Å². The molecule has 0 aliphatic carbocycles. The van der Waals surface area contributed by atoms with E-state index in [1.165, 1.54) is 0 Å². The topological polar surface area (TPSA) is 52.3 Å². The molecular weight excluding hydrogens is 94.0 g/mol. The van der Waals surface area contributed by atoms with Crippen LogP contribution in [0.4, 0.5) is 0 Å². The Balaban J connectivity index is 0. The van der Waals surface area contributed by atoms with E-state index in [2.05, 4.69) is 10.5 Å². The molecule has 44 valence electrons. The van der Waals surface area contributed by atoms with Crippen LogP contribution in [0.3, 0.4) is 0 Å². The molecule has 0 bridgehead atoms. The van der Waals surface area contributed by atoms with Gasteiger partial charge in [-0.1, -0.05) is 0 Å². The summed E-state index contributed by atoms with van der Waals surface area (Å²) >= 11 is 0. The van der Waals surface area contributed by atoms with Crippen LogP contribution < -0.4 is 5.73 Å². The van der Waals surface area contributed by atoms with Crippen molar-refractivity contribution in [2.45, 2.75) is 6.92 Å². The lowest BCUT2D eigenvalue weighted by molar-refractivity contribution is -0.106. The molecule has 0 spiro atoms. The summed E-state index contributed by atoms with van der Waals surface area (Å²) in [6, 6.07) is 0. The largest absolute Gasteiger partial charge is 0.385 e. The normalized spacial score (nSPS) is 6.00. The first-order chi connectivity index (χ1) is 3.33. The molecule has 2 N–H and O–H groups in total. The number of amides is 1. The van der Waals surface area contributed by atoms with Crippen LogP contribution in [0.2, 0.25) is 0 Å². The fourth-order valence-corrected chi connectivity index (χ4v) is 0. The molecule has 0 aliphatic heterocycles. The molecule has 0 heterocycles. The highest BCUT2D eigenvalue weighted by Gasteiger charge is 1.51. The van der Waals surface area contributed by atoms with Crippen molar-refractivity contribution in [1.82, 2.24) is 0 Å². The van der Waals surface area contributed by atoms with Crippen molar-refractivity contribution < 1.29 is 9.53 Å². The van der Waals surface area contributed by atoms with Crippen LogP contribution in [0, 0.1) is 0 Å². The third kappa shape index (κ3) is 346. The molecule has 0 aromatic heterocycles. The maximum absolute atomic E-state index is 8.58. The number of methoxy groups -OCH3 is 1. The Kier molecular flexibility index (Phi) is 24.9. The summed E-state index contributed by atoms with van der Waals surface area (Å²) in [5.74, 6) is 0. The van der Waals surface area contributed by atoms with Crippen molar-refractivity contribution >= 4 is 6.41 Å². The second-order valence-corrected chi connectivity index (χ2v) is 0.713. The highest BCUT2D eigenvalue weighted by atomic mass is 16.5. The van der Waals surface area contributed by atoms with E-state index in [1.807, 2.05) is 6.92 Å². The number of primary amides is 1. The zero-order chi connectivity index (χ0) is 6.12. The van der Waals surface area contributed by atoms with Crippen LogP contribution in [-0.2, 0) is 9.53 Å². The molecule has 0 unspecified atom stereocenters. The molecule has 0 aromatic rings. The minimum atomic E-state index is 0.250. The van der Waals surface area contributed by atoms with E-state index in [-0.39, 0.29) is 6.41 Å². The van der Waals surface area contributed by atoms with Gasteiger partial charge in [-0.05, 0) is 6.92 Å². The average molecular weight is 105 g/mol. The highest BCUT2D eigenvalue weighted by molar-refractivity contribution is 5.42. The van der Waals surface area contributed by atoms with Gasteiger partial charge >= 0.3 is 0 Å². The summed E-state index contributed by atoms with van der Waals surface area (Å²) < 4.78 is 4.54. The molecule has 0 saturated carbocycles. The number of hydrogen-bond donors (Lipinski definition) is 1. The third-order valence-electron chi connectivity index (χ3n) is 0.289. The van der Waals surface area contributed by atoms with E-state index < -0.39 is 0 Å². The fourth-order valence-electron chi connectivity index (χ4n) is 0. The van der Waals surface area contributed by atoms with Crippen LogP contribution in [0.25, 0.3) is 0 Å². The molecule has 1 amide bonds. The van der Waals surface area contributed by atoms with Crippen molar-refractivity contribution in [3.63, 3.8) is 0 Å². The summed E-state index contributed by atoms with van der Waals surface area (Å²) in [5.41, 5.74) is 4.17. The Labute approximate surface area is 43.5 Å². The van der Waals surface area contributed by atoms with E-state index in [1.54, 1.807) is 7.11 Å². The summed E-state index contributed by atoms with van der Waals surface area (Å²) in [4.78, 5) is 8.58. The van der Waals surface area contributed by atoms with E-state index in [4.69, 9.17) is 4.79 Å². The number of nitrogens with two attached hydrogens (primary N) is 1. The van der Waals surface area contributed by atoms with Crippen molar-refractivity contribution in [2.75, 3.05) is 13.7 Å². The molecule has 0 aromatic carbocycles. The second kappa shape index (κ2) is 18.0. The Morgan fingerprint density at radius 3 is 2.00 bits per heavy atom. The summed E-state index contributed by atoms with van der Waals surface area (Å²) in [6.07, 6.45) is 0.250.